The third kappa shape index (κ3) is 1.88. The second-order valence-electron chi connectivity index (χ2n) is 4.25. The second-order valence-corrected chi connectivity index (χ2v) is 4.65. The smallest absolute Gasteiger partial charge is 0.235 e. The van der Waals surface area contributed by atoms with E-state index in [1.165, 1.54) is 0 Å². The van der Waals surface area contributed by atoms with Crippen LogP contribution in [0.15, 0.2) is 17.1 Å². The van der Waals surface area contributed by atoms with Crippen molar-refractivity contribution < 1.29 is 14.3 Å². The topological polar surface area (TPSA) is 47.9 Å². The maximum Gasteiger partial charge on any atom is 0.235 e. The first-order chi connectivity index (χ1) is 8.68. The van der Waals surface area contributed by atoms with E-state index in [0.717, 1.165) is 24.8 Å². The highest BCUT2D eigenvalue weighted by Gasteiger charge is 2.43. The van der Waals surface area contributed by atoms with E-state index in [4.69, 9.17) is 21.1 Å². The molecule has 1 aliphatic carbocycles. The van der Waals surface area contributed by atoms with E-state index in [9.17, 15) is 4.79 Å². The van der Waals surface area contributed by atoms with Gasteiger partial charge < -0.3 is 9.47 Å². The third-order valence-corrected chi connectivity index (χ3v) is 3.72. The first kappa shape index (κ1) is 12.9. The van der Waals surface area contributed by atoms with E-state index in [0.29, 0.717) is 16.5 Å². The van der Waals surface area contributed by atoms with Gasteiger partial charge in [-0.1, -0.05) is 11.6 Å². The number of ether oxygens (including phenoxy) is 2. The molecule has 18 heavy (non-hydrogen) atoms. The SMILES string of the molecule is COc1ccc(Cl)c(C2(N=C=O)CCC2)c1OC. The summed E-state index contributed by atoms with van der Waals surface area (Å²) >= 11 is 6.24. The van der Waals surface area contributed by atoms with Gasteiger partial charge in [0.1, 0.15) is 5.54 Å². The number of nitrogens with zero attached hydrogens (tertiary/aromatic N) is 1. The summed E-state index contributed by atoms with van der Waals surface area (Å²) in [5.41, 5.74) is 0.124. The summed E-state index contributed by atoms with van der Waals surface area (Å²) in [7, 11) is 3.11. The van der Waals surface area contributed by atoms with Crippen molar-refractivity contribution in [2.45, 2.75) is 24.8 Å². The summed E-state index contributed by atoms with van der Waals surface area (Å²) in [4.78, 5) is 14.6. The summed E-state index contributed by atoms with van der Waals surface area (Å²) in [6, 6.07) is 3.47. The molecule has 0 bridgehead atoms. The molecule has 0 aliphatic heterocycles. The lowest BCUT2D eigenvalue weighted by atomic mass is 9.72. The zero-order valence-electron chi connectivity index (χ0n) is 10.3. The van der Waals surface area contributed by atoms with E-state index in [2.05, 4.69) is 4.99 Å². The first-order valence-electron chi connectivity index (χ1n) is 5.68. The van der Waals surface area contributed by atoms with Crippen molar-refractivity contribution in [1.29, 1.82) is 0 Å². The van der Waals surface area contributed by atoms with Crippen LogP contribution in [0.5, 0.6) is 11.5 Å². The molecule has 0 amide bonds. The number of rotatable bonds is 4. The van der Waals surface area contributed by atoms with Crippen molar-refractivity contribution in [1.82, 2.24) is 0 Å². The Hall–Kier alpha value is -1.51. The molecule has 1 aromatic rings. The summed E-state index contributed by atoms with van der Waals surface area (Å²) < 4.78 is 10.6. The summed E-state index contributed by atoms with van der Waals surface area (Å²) in [6.07, 6.45) is 4.19. The molecule has 0 radical (unpaired) electrons. The van der Waals surface area contributed by atoms with Gasteiger partial charge in [0.15, 0.2) is 11.5 Å². The number of hydrogen-bond acceptors (Lipinski definition) is 4. The number of hydrogen-bond donors (Lipinski definition) is 0. The number of isocyanates is 1. The van der Waals surface area contributed by atoms with Gasteiger partial charge in [0, 0.05) is 5.56 Å². The van der Waals surface area contributed by atoms with Crippen LogP contribution in [0.3, 0.4) is 0 Å². The van der Waals surface area contributed by atoms with Gasteiger partial charge in [-0.2, -0.15) is 4.99 Å². The molecule has 5 heteroatoms. The molecule has 0 unspecified atom stereocenters. The van der Waals surface area contributed by atoms with Gasteiger partial charge >= 0.3 is 0 Å². The van der Waals surface area contributed by atoms with Crippen LogP contribution in [-0.2, 0) is 10.3 Å². The molecule has 0 N–H and O–H groups in total. The molecular formula is C13H14ClNO3. The van der Waals surface area contributed by atoms with Gasteiger partial charge in [-0.05, 0) is 31.4 Å². The number of aliphatic imine (C=N–C) groups is 1. The van der Waals surface area contributed by atoms with Crippen LogP contribution in [0, 0.1) is 0 Å². The minimum absolute atomic E-state index is 0.534. The van der Waals surface area contributed by atoms with Crippen LogP contribution >= 0.6 is 11.6 Å². The minimum atomic E-state index is -0.598. The molecule has 1 aliphatic rings. The lowest BCUT2D eigenvalue weighted by Gasteiger charge is -2.38. The van der Waals surface area contributed by atoms with Gasteiger partial charge in [-0.3, -0.25) is 0 Å². The van der Waals surface area contributed by atoms with Gasteiger partial charge in [0.05, 0.1) is 19.2 Å². The van der Waals surface area contributed by atoms with Crippen molar-refractivity contribution in [2.24, 2.45) is 4.99 Å². The van der Waals surface area contributed by atoms with Crippen molar-refractivity contribution in [2.75, 3.05) is 14.2 Å². The highest BCUT2D eigenvalue weighted by Crippen LogP contribution is 2.52. The molecule has 2 rings (SSSR count). The fourth-order valence-corrected chi connectivity index (χ4v) is 2.68. The van der Waals surface area contributed by atoms with Gasteiger partial charge in [-0.15, -0.1) is 0 Å². The van der Waals surface area contributed by atoms with E-state index < -0.39 is 5.54 Å². The van der Waals surface area contributed by atoms with Gasteiger partial charge in [0.2, 0.25) is 6.08 Å². The maximum absolute atomic E-state index is 10.6. The summed E-state index contributed by atoms with van der Waals surface area (Å²) in [5, 5.41) is 0.534. The maximum atomic E-state index is 10.6. The lowest BCUT2D eigenvalue weighted by molar-refractivity contribution is 0.242. The quantitative estimate of drug-likeness (QED) is 0.622. The number of methoxy groups -OCH3 is 2. The fourth-order valence-electron chi connectivity index (χ4n) is 2.35. The Balaban J connectivity index is 2.64. The highest BCUT2D eigenvalue weighted by molar-refractivity contribution is 6.31. The third-order valence-electron chi connectivity index (χ3n) is 3.40. The van der Waals surface area contributed by atoms with Crippen molar-refractivity contribution in [3.05, 3.63) is 22.7 Å². The van der Waals surface area contributed by atoms with Crippen molar-refractivity contribution in [3.63, 3.8) is 0 Å². The zero-order chi connectivity index (χ0) is 13.2. The monoisotopic (exact) mass is 267 g/mol. The molecule has 96 valence electrons. The predicted octanol–water partition coefficient (Wildman–Crippen LogP) is 3.07. The molecule has 1 aromatic carbocycles. The Morgan fingerprint density at radius 2 is 2.06 bits per heavy atom. The molecule has 0 saturated heterocycles. The molecule has 0 heterocycles. The fraction of sp³-hybridized carbons (Fsp3) is 0.462. The Labute approximate surface area is 111 Å². The molecule has 1 fully saturated rings. The van der Waals surface area contributed by atoms with Crippen molar-refractivity contribution >= 4 is 17.7 Å². The van der Waals surface area contributed by atoms with E-state index in [-0.39, 0.29) is 0 Å². The Morgan fingerprint density at radius 3 is 2.50 bits per heavy atom. The summed E-state index contributed by atoms with van der Waals surface area (Å²) in [6.45, 7) is 0. The van der Waals surface area contributed by atoms with Crippen LogP contribution in [0.1, 0.15) is 24.8 Å². The Morgan fingerprint density at radius 1 is 1.33 bits per heavy atom. The molecule has 0 atom stereocenters. The van der Waals surface area contributed by atoms with Crippen LogP contribution in [-0.4, -0.2) is 20.3 Å². The molecular weight excluding hydrogens is 254 g/mol. The first-order valence-corrected chi connectivity index (χ1v) is 6.06. The van der Waals surface area contributed by atoms with Crippen LogP contribution in [0.25, 0.3) is 0 Å². The minimum Gasteiger partial charge on any atom is -0.493 e. The van der Waals surface area contributed by atoms with E-state index >= 15 is 0 Å². The van der Waals surface area contributed by atoms with Crippen molar-refractivity contribution in [3.8, 4) is 11.5 Å². The molecule has 4 nitrogen and oxygen atoms in total. The molecule has 0 spiro atoms. The van der Waals surface area contributed by atoms with Gasteiger partial charge in [-0.25, -0.2) is 4.79 Å². The lowest BCUT2D eigenvalue weighted by Crippen LogP contribution is -2.32. The molecule has 0 aromatic heterocycles. The normalized spacial score (nSPS) is 16.4. The van der Waals surface area contributed by atoms with Crippen LogP contribution < -0.4 is 9.47 Å². The Kier molecular flexibility index (Phi) is 3.60. The standard InChI is InChI=1S/C13H14ClNO3/c1-17-10-5-4-9(14)11(12(10)18-2)13(15-8-16)6-3-7-13/h4-5H,3,6-7H2,1-2H3. The number of halogens is 1. The zero-order valence-corrected chi connectivity index (χ0v) is 11.1. The van der Waals surface area contributed by atoms with E-state index in [1.54, 1.807) is 32.4 Å². The van der Waals surface area contributed by atoms with Crippen LogP contribution in [0.2, 0.25) is 5.02 Å². The largest absolute Gasteiger partial charge is 0.493 e. The Bertz CT molecular complexity index is 505. The second kappa shape index (κ2) is 5.01. The van der Waals surface area contributed by atoms with Crippen LogP contribution in [0.4, 0.5) is 0 Å². The summed E-state index contributed by atoms with van der Waals surface area (Å²) in [5.74, 6) is 1.13. The highest BCUT2D eigenvalue weighted by atomic mass is 35.5. The average Bonchev–Trinajstić information content (AvgIpc) is 2.34. The number of benzene rings is 1. The van der Waals surface area contributed by atoms with E-state index in [1.807, 2.05) is 0 Å². The average molecular weight is 268 g/mol. The predicted molar refractivity (Wildman–Crippen MR) is 68.2 cm³/mol. The molecule has 1 saturated carbocycles. The number of carbonyl (C=O) groups excluding carboxylic acids is 1. The van der Waals surface area contributed by atoms with Gasteiger partial charge in [0.25, 0.3) is 0 Å².